The van der Waals surface area contributed by atoms with Crippen molar-refractivity contribution in [2.45, 2.75) is 38.0 Å². The molecule has 0 bridgehead atoms. The molecule has 1 aromatic rings. The topological polar surface area (TPSA) is 59.0 Å². The Bertz CT molecular complexity index is 540. The number of nitrogens with zero attached hydrogens (tertiary/aromatic N) is 2. The van der Waals surface area contributed by atoms with Gasteiger partial charge in [-0.25, -0.2) is 4.68 Å². The molecule has 1 unspecified atom stereocenters. The Morgan fingerprint density at radius 1 is 1.48 bits per heavy atom. The maximum absolute atomic E-state index is 12.3. The molecule has 1 atom stereocenters. The fraction of sp³-hybridized carbons (Fsp3) is 0.667. The third-order valence-corrected chi connectivity index (χ3v) is 3.63. The van der Waals surface area contributed by atoms with E-state index in [1.54, 1.807) is 0 Å². The van der Waals surface area contributed by atoms with Crippen molar-refractivity contribution in [1.29, 1.82) is 0 Å². The summed E-state index contributed by atoms with van der Waals surface area (Å²) in [5.74, 6) is 0. The van der Waals surface area contributed by atoms with E-state index >= 15 is 0 Å². The first-order valence-corrected chi connectivity index (χ1v) is 7.04. The lowest BCUT2D eigenvalue weighted by atomic mass is 10.1. The third-order valence-electron chi connectivity index (χ3n) is 3.27. The maximum Gasteiger partial charge on any atom is 0.408 e. The Balaban J connectivity index is 2.04. The van der Waals surface area contributed by atoms with Gasteiger partial charge in [0.15, 0.2) is 0 Å². The quantitative estimate of drug-likeness (QED) is 0.889. The van der Waals surface area contributed by atoms with Crippen LogP contribution in [0.4, 0.5) is 18.9 Å². The zero-order valence-corrected chi connectivity index (χ0v) is 12.0. The van der Waals surface area contributed by atoms with Crippen LogP contribution in [0, 0.1) is 0 Å². The lowest BCUT2D eigenvalue weighted by Crippen LogP contribution is -2.39. The van der Waals surface area contributed by atoms with Crippen molar-refractivity contribution in [3.8, 4) is 0 Å². The Kier molecular flexibility index (Phi) is 5.10. The standard InChI is InChI=1S/C12H16ClF3N4O/c13-10-9(18-5-8-3-1-2-4-17-8)6-19-20(11(10)21)7-12(14,15)16/h6,8,17-18H,1-5,7H2. The first kappa shape index (κ1) is 16.1. The zero-order chi connectivity index (χ0) is 15.5. The Morgan fingerprint density at radius 2 is 2.24 bits per heavy atom. The van der Waals surface area contributed by atoms with Crippen molar-refractivity contribution in [2.24, 2.45) is 0 Å². The minimum atomic E-state index is -4.51. The summed E-state index contributed by atoms with van der Waals surface area (Å²) in [4.78, 5) is 11.7. The molecule has 1 aliphatic heterocycles. The van der Waals surface area contributed by atoms with Gasteiger partial charge in [-0.2, -0.15) is 18.3 Å². The van der Waals surface area contributed by atoms with Crippen LogP contribution in [-0.4, -0.2) is 35.1 Å². The summed E-state index contributed by atoms with van der Waals surface area (Å²) in [6, 6.07) is 0.257. The fourth-order valence-electron chi connectivity index (χ4n) is 2.20. The van der Waals surface area contributed by atoms with Gasteiger partial charge in [0.05, 0.1) is 11.9 Å². The monoisotopic (exact) mass is 324 g/mol. The fourth-order valence-corrected chi connectivity index (χ4v) is 2.42. The van der Waals surface area contributed by atoms with Gasteiger partial charge < -0.3 is 10.6 Å². The second-order valence-corrected chi connectivity index (χ2v) is 5.36. The summed E-state index contributed by atoms with van der Waals surface area (Å²) in [6.07, 6.45) is -0.104. The molecule has 0 saturated carbocycles. The van der Waals surface area contributed by atoms with E-state index in [1.807, 2.05) is 0 Å². The highest BCUT2D eigenvalue weighted by Crippen LogP contribution is 2.19. The molecule has 5 nitrogen and oxygen atoms in total. The number of rotatable bonds is 4. The number of aromatic nitrogens is 2. The van der Waals surface area contributed by atoms with Crippen LogP contribution >= 0.6 is 11.6 Å². The summed E-state index contributed by atoms with van der Waals surface area (Å²) < 4.78 is 37.1. The van der Waals surface area contributed by atoms with Crippen LogP contribution < -0.4 is 16.2 Å². The average Bonchev–Trinajstić information content (AvgIpc) is 2.43. The van der Waals surface area contributed by atoms with E-state index in [0.717, 1.165) is 32.0 Å². The first-order valence-electron chi connectivity index (χ1n) is 6.66. The smallest absolute Gasteiger partial charge is 0.381 e. The molecule has 0 aromatic carbocycles. The van der Waals surface area contributed by atoms with Gasteiger partial charge in [0, 0.05) is 12.6 Å². The minimum absolute atomic E-state index is 0.257. The molecular weight excluding hydrogens is 309 g/mol. The molecule has 1 aliphatic rings. The van der Waals surface area contributed by atoms with Crippen molar-refractivity contribution >= 4 is 17.3 Å². The molecule has 1 fully saturated rings. The van der Waals surface area contributed by atoms with Crippen LogP contribution in [0.15, 0.2) is 11.0 Å². The van der Waals surface area contributed by atoms with E-state index in [2.05, 4.69) is 15.7 Å². The number of alkyl halides is 3. The molecule has 2 N–H and O–H groups in total. The summed E-state index contributed by atoms with van der Waals surface area (Å²) in [5, 5.41) is 9.50. The van der Waals surface area contributed by atoms with Crippen molar-refractivity contribution in [2.75, 3.05) is 18.4 Å². The number of nitrogens with one attached hydrogen (secondary N) is 2. The van der Waals surface area contributed by atoms with Crippen LogP contribution in [0.3, 0.4) is 0 Å². The molecule has 1 aromatic heterocycles. The van der Waals surface area contributed by atoms with E-state index in [0.29, 0.717) is 11.2 Å². The van der Waals surface area contributed by atoms with E-state index in [1.165, 1.54) is 0 Å². The van der Waals surface area contributed by atoms with Gasteiger partial charge in [-0.3, -0.25) is 4.79 Å². The summed E-state index contributed by atoms with van der Waals surface area (Å²) in [5.41, 5.74) is -0.692. The molecule has 2 heterocycles. The third kappa shape index (κ3) is 4.60. The molecule has 1 saturated heterocycles. The highest BCUT2D eigenvalue weighted by Gasteiger charge is 2.29. The number of anilines is 1. The van der Waals surface area contributed by atoms with Gasteiger partial charge in [-0.15, -0.1) is 0 Å². The number of hydrogen-bond acceptors (Lipinski definition) is 4. The van der Waals surface area contributed by atoms with Gasteiger partial charge in [0.2, 0.25) is 0 Å². The summed E-state index contributed by atoms with van der Waals surface area (Å²) in [7, 11) is 0. The van der Waals surface area contributed by atoms with Crippen molar-refractivity contribution in [3.05, 3.63) is 21.6 Å². The minimum Gasteiger partial charge on any atom is -0.381 e. The molecule has 0 spiro atoms. The second-order valence-electron chi connectivity index (χ2n) is 4.98. The molecule has 0 aliphatic carbocycles. The highest BCUT2D eigenvalue weighted by atomic mass is 35.5. The number of halogens is 4. The van der Waals surface area contributed by atoms with E-state index in [9.17, 15) is 18.0 Å². The van der Waals surface area contributed by atoms with Gasteiger partial charge in [-0.05, 0) is 19.4 Å². The van der Waals surface area contributed by atoms with Crippen LogP contribution in [-0.2, 0) is 6.54 Å². The van der Waals surface area contributed by atoms with Gasteiger partial charge >= 0.3 is 6.18 Å². The lowest BCUT2D eigenvalue weighted by Gasteiger charge is -2.24. The van der Waals surface area contributed by atoms with Gasteiger partial charge in [-0.1, -0.05) is 18.0 Å². The Morgan fingerprint density at radius 3 is 2.86 bits per heavy atom. The van der Waals surface area contributed by atoms with E-state index < -0.39 is 18.3 Å². The first-order chi connectivity index (χ1) is 9.87. The molecular formula is C12H16ClF3N4O. The SMILES string of the molecule is O=c1c(Cl)c(NCC2CCCCN2)cnn1CC(F)(F)F. The van der Waals surface area contributed by atoms with Gasteiger partial charge in [0.25, 0.3) is 5.56 Å². The molecule has 21 heavy (non-hydrogen) atoms. The number of piperidine rings is 1. The van der Waals surface area contributed by atoms with Crippen molar-refractivity contribution in [1.82, 2.24) is 15.1 Å². The normalized spacial score (nSPS) is 19.5. The summed E-state index contributed by atoms with van der Waals surface area (Å²) in [6.45, 7) is 0.0334. The zero-order valence-electron chi connectivity index (χ0n) is 11.2. The van der Waals surface area contributed by atoms with Crippen LogP contribution in [0.25, 0.3) is 0 Å². The predicted octanol–water partition coefficient (Wildman–Crippen LogP) is 2.01. The van der Waals surface area contributed by atoms with Crippen molar-refractivity contribution in [3.63, 3.8) is 0 Å². The summed E-state index contributed by atoms with van der Waals surface area (Å²) >= 11 is 5.82. The molecule has 118 valence electrons. The molecule has 2 rings (SSSR count). The molecule has 0 amide bonds. The van der Waals surface area contributed by atoms with Crippen molar-refractivity contribution < 1.29 is 13.2 Å². The Hall–Kier alpha value is -1.28. The van der Waals surface area contributed by atoms with E-state index in [4.69, 9.17) is 11.6 Å². The maximum atomic E-state index is 12.3. The predicted molar refractivity (Wildman–Crippen MR) is 73.7 cm³/mol. The second kappa shape index (κ2) is 6.65. The van der Waals surface area contributed by atoms with Crippen LogP contribution in [0.5, 0.6) is 0 Å². The Labute approximate surface area is 124 Å². The number of hydrogen-bond donors (Lipinski definition) is 2. The lowest BCUT2D eigenvalue weighted by molar-refractivity contribution is -0.143. The van der Waals surface area contributed by atoms with Crippen LogP contribution in [0.1, 0.15) is 19.3 Å². The van der Waals surface area contributed by atoms with Crippen LogP contribution in [0.2, 0.25) is 5.02 Å². The largest absolute Gasteiger partial charge is 0.408 e. The highest BCUT2D eigenvalue weighted by molar-refractivity contribution is 6.32. The van der Waals surface area contributed by atoms with Gasteiger partial charge in [0.1, 0.15) is 11.6 Å². The molecule has 0 radical (unpaired) electrons. The molecule has 9 heteroatoms. The van der Waals surface area contributed by atoms with E-state index in [-0.39, 0.29) is 16.8 Å². The average molecular weight is 325 g/mol.